The lowest BCUT2D eigenvalue weighted by molar-refractivity contribution is 0.0712. The predicted molar refractivity (Wildman–Crippen MR) is 96.7 cm³/mol. The minimum atomic E-state index is -0.843. The van der Waals surface area contributed by atoms with E-state index in [4.69, 9.17) is 16.7 Å². The van der Waals surface area contributed by atoms with Crippen molar-refractivity contribution in [2.45, 2.75) is 26.4 Å². The number of carboxylic acid groups (broad SMARTS) is 1. The lowest BCUT2D eigenvalue weighted by atomic mass is 10.0. The zero-order valence-corrected chi connectivity index (χ0v) is 15.1. The Bertz CT molecular complexity index is 783. The third-order valence-electron chi connectivity index (χ3n) is 4.63. The van der Waals surface area contributed by atoms with E-state index in [0.29, 0.717) is 13.1 Å². The van der Waals surface area contributed by atoms with Crippen molar-refractivity contribution in [3.8, 4) is 11.3 Å². The smallest absolute Gasteiger partial charge is 0.407 e. The summed E-state index contributed by atoms with van der Waals surface area (Å²) in [6.07, 6.45) is 0.814. The molecule has 1 amide bonds. The van der Waals surface area contributed by atoms with Gasteiger partial charge in [-0.1, -0.05) is 12.1 Å². The second kappa shape index (κ2) is 7.37. The molecule has 1 aliphatic rings. The second-order valence-electron chi connectivity index (χ2n) is 6.41. The molecular formula is C18H21ClN4O2. The first-order chi connectivity index (χ1) is 11.9. The van der Waals surface area contributed by atoms with E-state index in [1.54, 1.807) is 6.20 Å². The highest BCUT2D eigenvalue weighted by Crippen LogP contribution is 2.25. The zero-order chi connectivity index (χ0) is 18.0. The van der Waals surface area contributed by atoms with Crippen molar-refractivity contribution in [2.75, 3.05) is 19.6 Å². The van der Waals surface area contributed by atoms with Crippen molar-refractivity contribution in [2.24, 2.45) is 0 Å². The molecule has 3 rings (SSSR count). The molecule has 1 unspecified atom stereocenters. The SMILES string of the molecule is Cc1ccc(CN2CCN(C(=O)O)CC2C)cc1-c1ccnc(Cl)n1. The zero-order valence-electron chi connectivity index (χ0n) is 14.3. The van der Waals surface area contributed by atoms with E-state index in [0.717, 1.165) is 29.9 Å². The van der Waals surface area contributed by atoms with Crippen molar-refractivity contribution in [1.82, 2.24) is 19.8 Å². The molecule has 1 aromatic heterocycles. The number of piperazine rings is 1. The number of aromatic nitrogens is 2. The molecule has 1 N–H and O–H groups in total. The van der Waals surface area contributed by atoms with Crippen LogP contribution in [-0.2, 0) is 6.54 Å². The quantitative estimate of drug-likeness (QED) is 0.850. The van der Waals surface area contributed by atoms with Gasteiger partial charge in [-0.25, -0.2) is 14.8 Å². The number of benzene rings is 1. The molecule has 0 saturated carbocycles. The van der Waals surface area contributed by atoms with Gasteiger partial charge in [0.1, 0.15) is 0 Å². The number of hydrogen-bond acceptors (Lipinski definition) is 4. The Labute approximate surface area is 152 Å². The number of aryl methyl sites for hydroxylation is 1. The summed E-state index contributed by atoms with van der Waals surface area (Å²) in [5.74, 6) is 0. The van der Waals surface area contributed by atoms with Gasteiger partial charge in [-0.3, -0.25) is 4.90 Å². The van der Waals surface area contributed by atoms with Gasteiger partial charge in [-0.05, 0) is 48.7 Å². The molecule has 7 heteroatoms. The number of rotatable bonds is 3. The molecule has 0 spiro atoms. The van der Waals surface area contributed by atoms with Crippen molar-refractivity contribution < 1.29 is 9.90 Å². The van der Waals surface area contributed by atoms with E-state index in [1.165, 1.54) is 10.5 Å². The average molecular weight is 361 g/mol. The largest absolute Gasteiger partial charge is 0.465 e. The maximum absolute atomic E-state index is 11.1. The molecule has 0 aliphatic carbocycles. The van der Waals surface area contributed by atoms with Crippen molar-refractivity contribution in [1.29, 1.82) is 0 Å². The maximum Gasteiger partial charge on any atom is 0.407 e. The van der Waals surface area contributed by atoms with E-state index < -0.39 is 6.09 Å². The normalized spacial score (nSPS) is 18.4. The van der Waals surface area contributed by atoms with Crippen LogP contribution in [0, 0.1) is 6.92 Å². The van der Waals surface area contributed by atoms with Crippen LogP contribution in [0.4, 0.5) is 4.79 Å². The predicted octanol–water partition coefficient (Wildman–Crippen LogP) is 3.29. The van der Waals surface area contributed by atoms with E-state index in [1.807, 2.05) is 13.0 Å². The molecule has 0 radical (unpaired) electrons. The van der Waals surface area contributed by atoms with Crippen LogP contribution in [-0.4, -0.2) is 56.6 Å². The second-order valence-corrected chi connectivity index (χ2v) is 6.75. The fraction of sp³-hybridized carbons (Fsp3) is 0.389. The van der Waals surface area contributed by atoms with Crippen LogP contribution in [0.5, 0.6) is 0 Å². The molecule has 2 heterocycles. The molecule has 6 nitrogen and oxygen atoms in total. The minimum Gasteiger partial charge on any atom is -0.465 e. The summed E-state index contributed by atoms with van der Waals surface area (Å²) in [5.41, 5.74) is 4.15. The fourth-order valence-electron chi connectivity index (χ4n) is 3.17. The van der Waals surface area contributed by atoms with Crippen LogP contribution in [0.15, 0.2) is 30.5 Å². The van der Waals surface area contributed by atoms with E-state index in [-0.39, 0.29) is 11.3 Å². The van der Waals surface area contributed by atoms with Gasteiger partial charge in [0, 0.05) is 44.0 Å². The summed E-state index contributed by atoms with van der Waals surface area (Å²) >= 11 is 5.92. The topological polar surface area (TPSA) is 69.6 Å². The van der Waals surface area contributed by atoms with E-state index in [2.05, 4.69) is 40.0 Å². The summed E-state index contributed by atoms with van der Waals surface area (Å²) < 4.78 is 0. The Balaban J connectivity index is 1.78. The van der Waals surface area contributed by atoms with Crippen LogP contribution in [0.1, 0.15) is 18.1 Å². The molecule has 0 bridgehead atoms. The Kier molecular flexibility index (Phi) is 5.20. The fourth-order valence-corrected chi connectivity index (χ4v) is 3.31. The Morgan fingerprint density at radius 1 is 1.36 bits per heavy atom. The van der Waals surface area contributed by atoms with Crippen LogP contribution in [0.25, 0.3) is 11.3 Å². The van der Waals surface area contributed by atoms with Crippen molar-refractivity contribution >= 4 is 17.7 Å². The summed E-state index contributed by atoms with van der Waals surface area (Å²) in [6.45, 7) is 6.70. The van der Waals surface area contributed by atoms with Gasteiger partial charge in [0.15, 0.2) is 0 Å². The average Bonchev–Trinajstić information content (AvgIpc) is 2.58. The highest BCUT2D eigenvalue weighted by Gasteiger charge is 2.26. The molecule has 1 aromatic carbocycles. The standard InChI is InChI=1S/C18H21ClN4O2/c1-12-3-4-14(9-15(12)16-5-6-20-17(19)21-16)11-22-7-8-23(18(24)25)10-13(22)2/h3-6,9,13H,7-8,10-11H2,1-2H3,(H,24,25). The first-order valence-electron chi connectivity index (χ1n) is 8.24. The molecule has 2 aromatic rings. The minimum absolute atomic E-state index is 0.183. The number of hydrogen-bond donors (Lipinski definition) is 1. The van der Waals surface area contributed by atoms with Crippen LogP contribution in [0.2, 0.25) is 5.28 Å². The number of amides is 1. The highest BCUT2D eigenvalue weighted by molar-refractivity contribution is 6.28. The molecule has 1 fully saturated rings. The number of halogens is 1. The van der Waals surface area contributed by atoms with Gasteiger partial charge in [0.25, 0.3) is 0 Å². The molecule has 25 heavy (non-hydrogen) atoms. The number of nitrogens with zero attached hydrogens (tertiary/aromatic N) is 4. The van der Waals surface area contributed by atoms with Crippen LogP contribution < -0.4 is 0 Å². The van der Waals surface area contributed by atoms with Gasteiger partial charge in [-0.15, -0.1) is 0 Å². The summed E-state index contributed by atoms with van der Waals surface area (Å²) in [4.78, 5) is 23.1. The first kappa shape index (κ1) is 17.6. The molecule has 1 aliphatic heterocycles. The summed E-state index contributed by atoms with van der Waals surface area (Å²) in [6, 6.07) is 8.36. The lowest BCUT2D eigenvalue weighted by Crippen LogP contribution is -2.52. The van der Waals surface area contributed by atoms with Gasteiger partial charge >= 0.3 is 6.09 Å². The molecular weight excluding hydrogens is 340 g/mol. The Morgan fingerprint density at radius 3 is 2.84 bits per heavy atom. The third-order valence-corrected chi connectivity index (χ3v) is 4.81. The lowest BCUT2D eigenvalue weighted by Gasteiger charge is -2.38. The van der Waals surface area contributed by atoms with Crippen LogP contribution >= 0.6 is 11.6 Å². The van der Waals surface area contributed by atoms with E-state index >= 15 is 0 Å². The molecule has 1 atom stereocenters. The highest BCUT2D eigenvalue weighted by atomic mass is 35.5. The number of carbonyl (C=O) groups is 1. The first-order valence-corrected chi connectivity index (χ1v) is 8.62. The summed E-state index contributed by atoms with van der Waals surface area (Å²) in [5, 5.41) is 9.37. The van der Waals surface area contributed by atoms with Crippen molar-refractivity contribution in [3.63, 3.8) is 0 Å². The monoisotopic (exact) mass is 360 g/mol. The Morgan fingerprint density at radius 2 is 2.16 bits per heavy atom. The van der Waals surface area contributed by atoms with Gasteiger partial charge in [0.05, 0.1) is 5.69 Å². The third kappa shape index (κ3) is 4.08. The Hall–Kier alpha value is -2.18. The van der Waals surface area contributed by atoms with E-state index in [9.17, 15) is 4.79 Å². The molecule has 1 saturated heterocycles. The summed E-state index contributed by atoms with van der Waals surface area (Å²) in [7, 11) is 0. The molecule has 132 valence electrons. The van der Waals surface area contributed by atoms with Crippen molar-refractivity contribution in [3.05, 3.63) is 46.9 Å². The van der Waals surface area contributed by atoms with Crippen LogP contribution in [0.3, 0.4) is 0 Å². The maximum atomic E-state index is 11.1. The van der Waals surface area contributed by atoms with Gasteiger partial charge < -0.3 is 10.0 Å². The van der Waals surface area contributed by atoms with Gasteiger partial charge in [0.2, 0.25) is 5.28 Å². The van der Waals surface area contributed by atoms with Gasteiger partial charge in [-0.2, -0.15) is 0 Å².